The van der Waals surface area contributed by atoms with Gasteiger partial charge in [-0.05, 0) is 60.9 Å². The van der Waals surface area contributed by atoms with Crippen molar-refractivity contribution in [2.75, 3.05) is 22.9 Å². The third-order valence-electron chi connectivity index (χ3n) is 4.94. The second-order valence-corrected chi connectivity index (χ2v) is 10.1. The van der Waals surface area contributed by atoms with Gasteiger partial charge in [0.2, 0.25) is 15.9 Å². The summed E-state index contributed by atoms with van der Waals surface area (Å²) in [6.07, 6.45) is 2.55. The van der Waals surface area contributed by atoms with Crippen molar-refractivity contribution in [1.29, 1.82) is 0 Å². The number of anilines is 1. The number of fused-ring (bicyclic) bond motifs is 1. The number of hydrogen-bond acceptors (Lipinski definition) is 8. The first-order valence-electron chi connectivity index (χ1n) is 9.86. The SMILES string of the molecule is CS(=O)(=O)N1CCCc2cc(C(=O)CSc3nnc(-c4ccc(OC(F)F)cc4)o3)ccc21. The first kappa shape index (κ1) is 23.2. The Bertz CT molecular complexity index is 1260. The molecule has 0 saturated heterocycles. The molecule has 0 N–H and O–H groups in total. The number of rotatable bonds is 8. The van der Waals surface area contributed by atoms with Crippen LogP contribution < -0.4 is 9.04 Å². The van der Waals surface area contributed by atoms with Gasteiger partial charge in [-0.1, -0.05) is 11.8 Å². The van der Waals surface area contributed by atoms with Crippen LogP contribution in [-0.4, -0.2) is 49.6 Å². The maximum absolute atomic E-state index is 12.7. The van der Waals surface area contributed by atoms with E-state index in [0.29, 0.717) is 36.2 Å². The molecule has 1 aliphatic heterocycles. The number of halogens is 2. The summed E-state index contributed by atoms with van der Waals surface area (Å²) in [5, 5.41) is 8.01. The molecule has 1 aliphatic rings. The number of alkyl halides is 2. The van der Waals surface area contributed by atoms with E-state index >= 15 is 0 Å². The van der Waals surface area contributed by atoms with Gasteiger partial charge in [0.25, 0.3) is 5.22 Å². The smallest absolute Gasteiger partial charge is 0.387 e. The Kier molecular flexibility index (Phi) is 6.66. The van der Waals surface area contributed by atoms with Crippen LogP contribution in [0, 0.1) is 0 Å². The quantitative estimate of drug-likeness (QED) is 0.341. The van der Waals surface area contributed by atoms with Crippen LogP contribution in [-0.2, 0) is 16.4 Å². The van der Waals surface area contributed by atoms with E-state index in [1.54, 1.807) is 18.2 Å². The summed E-state index contributed by atoms with van der Waals surface area (Å²) in [5.41, 5.74) is 2.43. The van der Waals surface area contributed by atoms with Gasteiger partial charge in [0.05, 0.1) is 17.7 Å². The topological polar surface area (TPSA) is 103 Å². The molecule has 0 spiro atoms. The van der Waals surface area contributed by atoms with Crippen molar-refractivity contribution >= 4 is 33.3 Å². The van der Waals surface area contributed by atoms with E-state index in [4.69, 9.17) is 4.42 Å². The first-order chi connectivity index (χ1) is 15.7. The fourth-order valence-corrected chi connectivity index (χ4v) is 5.11. The van der Waals surface area contributed by atoms with Crippen molar-refractivity contribution in [1.82, 2.24) is 10.2 Å². The van der Waals surface area contributed by atoms with Gasteiger partial charge >= 0.3 is 6.61 Å². The molecule has 174 valence electrons. The average molecular weight is 496 g/mol. The summed E-state index contributed by atoms with van der Waals surface area (Å²) in [5.74, 6) is 0.0890. The molecule has 3 aromatic rings. The number of aryl methyl sites for hydroxylation is 1. The number of ether oxygens (including phenoxy) is 1. The highest BCUT2D eigenvalue weighted by molar-refractivity contribution is 7.99. The number of ketones is 1. The predicted molar refractivity (Wildman–Crippen MR) is 118 cm³/mol. The minimum Gasteiger partial charge on any atom is -0.435 e. The zero-order chi connectivity index (χ0) is 23.6. The van der Waals surface area contributed by atoms with Gasteiger partial charge < -0.3 is 9.15 Å². The van der Waals surface area contributed by atoms with Crippen LogP contribution in [0.4, 0.5) is 14.5 Å². The Hall–Kier alpha value is -2.99. The highest BCUT2D eigenvalue weighted by Gasteiger charge is 2.25. The summed E-state index contributed by atoms with van der Waals surface area (Å²) >= 11 is 1.07. The van der Waals surface area contributed by atoms with Gasteiger partial charge in [0.1, 0.15) is 5.75 Å². The molecule has 0 radical (unpaired) electrons. The maximum atomic E-state index is 12.7. The molecule has 0 saturated carbocycles. The molecule has 8 nitrogen and oxygen atoms in total. The molecule has 4 rings (SSSR count). The van der Waals surface area contributed by atoms with E-state index in [9.17, 15) is 22.0 Å². The summed E-state index contributed by atoms with van der Waals surface area (Å²) < 4.78 is 59.7. The van der Waals surface area contributed by atoms with Gasteiger partial charge in [-0.15, -0.1) is 10.2 Å². The minimum absolute atomic E-state index is 0.0122. The van der Waals surface area contributed by atoms with Crippen LogP contribution >= 0.6 is 11.8 Å². The standard InChI is InChI=1S/C21H19F2N3O5S2/c1-33(28,29)26-10-2-3-14-11-15(6-9-17(14)26)18(27)12-32-21-25-24-19(31-21)13-4-7-16(8-5-13)30-20(22)23/h4-9,11,20H,2-3,10,12H2,1H3. The summed E-state index contributed by atoms with van der Waals surface area (Å²) in [6.45, 7) is -2.48. The second-order valence-electron chi connectivity index (χ2n) is 7.27. The molecule has 0 fully saturated rings. The van der Waals surface area contributed by atoms with Crippen LogP contribution in [0.25, 0.3) is 11.5 Å². The molecule has 33 heavy (non-hydrogen) atoms. The van der Waals surface area contributed by atoms with Crippen LogP contribution in [0.5, 0.6) is 5.75 Å². The Morgan fingerprint density at radius 1 is 1.21 bits per heavy atom. The number of hydrogen-bond donors (Lipinski definition) is 0. The fourth-order valence-electron chi connectivity index (χ4n) is 3.45. The Morgan fingerprint density at radius 2 is 1.97 bits per heavy atom. The lowest BCUT2D eigenvalue weighted by molar-refractivity contribution is -0.0498. The predicted octanol–water partition coefficient (Wildman–Crippen LogP) is 4.03. The zero-order valence-corrected chi connectivity index (χ0v) is 19.0. The molecule has 1 aromatic heterocycles. The lowest BCUT2D eigenvalue weighted by Crippen LogP contribution is -2.34. The van der Waals surface area contributed by atoms with Gasteiger partial charge in [-0.2, -0.15) is 8.78 Å². The molecular formula is C21H19F2N3O5S2. The lowest BCUT2D eigenvalue weighted by Gasteiger charge is -2.29. The van der Waals surface area contributed by atoms with Crippen LogP contribution in [0.3, 0.4) is 0 Å². The third kappa shape index (κ3) is 5.50. The first-order valence-corrected chi connectivity index (χ1v) is 12.7. The van der Waals surface area contributed by atoms with Crippen LogP contribution in [0.1, 0.15) is 22.3 Å². The van der Waals surface area contributed by atoms with Crippen molar-refractivity contribution in [2.24, 2.45) is 0 Å². The largest absolute Gasteiger partial charge is 0.435 e. The van der Waals surface area contributed by atoms with E-state index in [1.165, 1.54) is 34.8 Å². The van der Waals surface area contributed by atoms with Gasteiger partial charge in [0, 0.05) is 17.7 Å². The Morgan fingerprint density at radius 3 is 2.67 bits per heavy atom. The zero-order valence-electron chi connectivity index (χ0n) is 17.4. The number of thioether (sulfide) groups is 1. The van der Waals surface area contributed by atoms with Crippen LogP contribution in [0.15, 0.2) is 52.1 Å². The number of nitrogens with zero attached hydrogens (tertiary/aromatic N) is 3. The van der Waals surface area contributed by atoms with Crippen molar-refractivity contribution in [3.63, 3.8) is 0 Å². The highest BCUT2D eigenvalue weighted by atomic mass is 32.2. The maximum Gasteiger partial charge on any atom is 0.387 e. The number of carbonyl (C=O) groups is 1. The molecule has 2 aromatic carbocycles. The van der Waals surface area contributed by atoms with E-state index < -0.39 is 16.6 Å². The lowest BCUT2D eigenvalue weighted by atomic mass is 9.99. The van der Waals surface area contributed by atoms with Crippen molar-refractivity contribution < 1.29 is 31.1 Å². The molecule has 0 aliphatic carbocycles. The second kappa shape index (κ2) is 9.48. The van der Waals surface area contributed by atoms with Gasteiger partial charge in [-0.3, -0.25) is 9.10 Å². The number of benzene rings is 2. The minimum atomic E-state index is -3.37. The Balaban J connectivity index is 1.40. The number of sulfonamides is 1. The monoisotopic (exact) mass is 495 g/mol. The molecule has 0 bridgehead atoms. The van der Waals surface area contributed by atoms with E-state index in [-0.39, 0.29) is 28.4 Å². The number of aromatic nitrogens is 2. The van der Waals surface area contributed by atoms with Gasteiger partial charge in [-0.25, -0.2) is 8.42 Å². The molecule has 0 unspecified atom stereocenters. The fraction of sp³-hybridized carbons (Fsp3) is 0.286. The van der Waals surface area contributed by atoms with Gasteiger partial charge in [0.15, 0.2) is 5.78 Å². The average Bonchev–Trinajstić information content (AvgIpc) is 3.25. The molecule has 0 amide bonds. The third-order valence-corrected chi connectivity index (χ3v) is 6.94. The van der Waals surface area contributed by atoms with Crippen LogP contribution in [0.2, 0.25) is 0 Å². The highest BCUT2D eigenvalue weighted by Crippen LogP contribution is 2.31. The molecular weight excluding hydrogens is 476 g/mol. The van der Waals surface area contributed by atoms with Crippen molar-refractivity contribution in [3.8, 4) is 17.2 Å². The molecule has 2 heterocycles. The van der Waals surface area contributed by atoms with E-state index in [2.05, 4.69) is 14.9 Å². The number of Topliss-reactive ketones (excluding diaryl/α,β-unsaturated/α-hetero) is 1. The van der Waals surface area contributed by atoms with Crippen molar-refractivity contribution in [2.45, 2.75) is 24.7 Å². The van der Waals surface area contributed by atoms with E-state index in [1.807, 2.05) is 0 Å². The normalized spacial score (nSPS) is 13.8. The molecule has 12 heteroatoms. The summed E-state index contributed by atoms with van der Waals surface area (Å²) in [4.78, 5) is 12.7. The van der Waals surface area contributed by atoms with E-state index in [0.717, 1.165) is 17.3 Å². The number of carbonyl (C=O) groups excluding carboxylic acids is 1. The summed E-state index contributed by atoms with van der Waals surface area (Å²) in [7, 11) is -3.37. The summed E-state index contributed by atoms with van der Waals surface area (Å²) in [6, 6.07) is 10.8. The Labute approximate surface area is 193 Å². The van der Waals surface area contributed by atoms with Crippen molar-refractivity contribution in [3.05, 3.63) is 53.6 Å². The molecule has 0 atom stereocenters.